The summed E-state index contributed by atoms with van der Waals surface area (Å²) in [4.78, 5) is 20.9. The molecule has 174 valence electrons. The van der Waals surface area contributed by atoms with Gasteiger partial charge < -0.3 is 19.8 Å². The van der Waals surface area contributed by atoms with Crippen molar-refractivity contribution in [3.05, 3.63) is 90.1 Å². The third kappa shape index (κ3) is 5.75. The zero-order chi connectivity index (χ0) is 23.8. The van der Waals surface area contributed by atoms with E-state index in [4.69, 9.17) is 9.47 Å². The van der Waals surface area contributed by atoms with Crippen molar-refractivity contribution in [1.29, 1.82) is 0 Å². The minimum absolute atomic E-state index is 0.260. The monoisotopic (exact) mass is 456 g/mol. The number of ether oxygens (including phenoxy) is 2. The Labute approximate surface area is 198 Å². The van der Waals surface area contributed by atoms with Crippen LogP contribution in [0.5, 0.6) is 11.5 Å². The molecule has 1 aromatic heterocycles. The smallest absolute Gasteiger partial charge is 0.257 e. The summed E-state index contributed by atoms with van der Waals surface area (Å²) in [5.74, 6) is 1.54. The molecule has 0 bridgehead atoms. The maximum atomic E-state index is 12.9. The highest BCUT2D eigenvalue weighted by Gasteiger charge is 2.11. The SMILES string of the molecule is CCOc1ccc(C(=O)NC(=NCCc2c[nH]c3ccccc23)Nc2cccc(OC)c2)cc1. The van der Waals surface area contributed by atoms with E-state index in [-0.39, 0.29) is 5.91 Å². The van der Waals surface area contributed by atoms with E-state index in [2.05, 4.69) is 32.7 Å². The predicted molar refractivity (Wildman–Crippen MR) is 136 cm³/mol. The number of carbonyl (C=O) groups is 1. The molecule has 0 aliphatic rings. The number of fused-ring (bicyclic) bond motifs is 1. The van der Waals surface area contributed by atoms with Crippen LogP contribution in [0.15, 0.2) is 84.0 Å². The number of hydrogen-bond donors (Lipinski definition) is 3. The van der Waals surface area contributed by atoms with E-state index in [1.165, 1.54) is 10.9 Å². The Morgan fingerprint density at radius 3 is 2.62 bits per heavy atom. The number of H-pyrrole nitrogens is 1. The number of aliphatic imine (C=N–C) groups is 1. The summed E-state index contributed by atoms with van der Waals surface area (Å²) in [6.07, 6.45) is 2.74. The van der Waals surface area contributed by atoms with Crippen molar-refractivity contribution in [2.75, 3.05) is 25.6 Å². The molecule has 1 heterocycles. The summed E-state index contributed by atoms with van der Waals surface area (Å²) >= 11 is 0. The van der Waals surface area contributed by atoms with Gasteiger partial charge in [0.1, 0.15) is 11.5 Å². The zero-order valence-corrected chi connectivity index (χ0v) is 19.3. The van der Waals surface area contributed by atoms with Crippen LogP contribution in [0.4, 0.5) is 5.69 Å². The van der Waals surface area contributed by atoms with Gasteiger partial charge in [0.25, 0.3) is 5.91 Å². The van der Waals surface area contributed by atoms with Crippen LogP contribution in [0.25, 0.3) is 10.9 Å². The van der Waals surface area contributed by atoms with E-state index in [0.29, 0.717) is 30.4 Å². The van der Waals surface area contributed by atoms with Crippen LogP contribution in [0, 0.1) is 0 Å². The summed E-state index contributed by atoms with van der Waals surface area (Å²) in [7, 11) is 1.61. The number of benzene rings is 3. The van der Waals surface area contributed by atoms with Crippen LogP contribution in [0.2, 0.25) is 0 Å². The number of aromatic nitrogens is 1. The Kier molecular flexibility index (Phi) is 7.45. The maximum Gasteiger partial charge on any atom is 0.257 e. The average molecular weight is 457 g/mol. The van der Waals surface area contributed by atoms with E-state index in [1.54, 1.807) is 31.4 Å². The fourth-order valence-electron chi connectivity index (χ4n) is 3.62. The van der Waals surface area contributed by atoms with E-state index in [9.17, 15) is 4.79 Å². The highest BCUT2D eigenvalue weighted by molar-refractivity contribution is 6.10. The van der Waals surface area contributed by atoms with Crippen molar-refractivity contribution < 1.29 is 14.3 Å². The third-order valence-corrected chi connectivity index (χ3v) is 5.32. The molecule has 4 rings (SSSR count). The van der Waals surface area contributed by atoms with Crippen LogP contribution in [-0.2, 0) is 6.42 Å². The second kappa shape index (κ2) is 11.0. The van der Waals surface area contributed by atoms with Crippen molar-refractivity contribution in [1.82, 2.24) is 10.3 Å². The first-order valence-electron chi connectivity index (χ1n) is 11.2. The molecule has 0 spiro atoms. The Morgan fingerprint density at radius 2 is 1.82 bits per heavy atom. The van der Waals surface area contributed by atoms with Crippen LogP contribution in [0.3, 0.4) is 0 Å². The van der Waals surface area contributed by atoms with E-state index < -0.39 is 0 Å². The molecule has 7 nitrogen and oxygen atoms in total. The van der Waals surface area contributed by atoms with Gasteiger partial charge >= 0.3 is 0 Å². The molecule has 0 aliphatic heterocycles. The first-order valence-corrected chi connectivity index (χ1v) is 11.2. The summed E-state index contributed by atoms with van der Waals surface area (Å²) < 4.78 is 10.8. The number of guanidine groups is 1. The lowest BCUT2D eigenvalue weighted by atomic mass is 10.1. The summed E-state index contributed by atoms with van der Waals surface area (Å²) in [6, 6.07) is 22.7. The second-order valence-corrected chi connectivity index (χ2v) is 7.61. The normalized spacial score (nSPS) is 11.3. The van der Waals surface area contributed by atoms with Crippen molar-refractivity contribution in [3.63, 3.8) is 0 Å². The molecule has 0 unspecified atom stereocenters. The number of para-hydroxylation sites is 1. The van der Waals surface area contributed by atoms with Gasteiger partial charge in [-0.2, -0.15) is 0 Å². The Bertz CT molecular complexity index is 1280. The van der Waals surface area contributed by atoms with Gasteiger partial charge in [0, 0.05) is 41.0 Å². The lowest BCUT2D eigenvalue weighted by molar-refractivity contribution is 0.0977. The second-order valence-electron chi connectivity index (χ2n) is 7.61. The van der Waals surface area contributed by atoms with E-state index in [0.717, 1.165) is 23.4 Å². The number of carbonyl (C=O) groups excluding carboxylic acids is 1. The number of anilines is 1. The first-order chi connectivity index (χ1) is 16.7. The Hall–Kier alpha value is -4.26. The van der Waals surface area contributed by atoms with Crippen LogP contribution in [0.1, 0.15) is 22.8 Å². The van der Waals surface area contributed by atoms with Crippen molar-refractivity contribution >= 4 is 28.5 Å². The fraction of sp³-hybridized carbons (Fsp3) is 0.185. The minimum Gasteiger partial charge on any atom is -0.497 e. The number of nitrogens with zero attached hydrogens (tertiary/aromatic N) is 1. The predicted octanol–water partition coefficient (Wildman–Crippen LogP) is 5.02. The molecule has 3 aromatic carbocycles. The van der Waals surface area contributed by atoms with Crippen LogP contribution >= 0.6 is 0 Å². The van der Waals surface area contributed by atoms with Gasteiger partial charge in [0.2, 0.25) is 5.96 Å². The van der Waals surface area contributed by atoms with Gasteiger partial charge in [0.05, 0.1) is 13.7 Å². The third-order valence-electron chi connectivity index (χ3n) is 5.32. The van der Waals surface area contributed by atoms with Crippen LogP contribution in [-0.4, -0.2) is 37.1 Å². The van der Waals surface area contributed by atoms with Gasteiger partial charge in [-0.05, 0) is 61.4 Å². The number of aromatic amines is 1. The van der Waals surface area contributed by atoms with Gasteiger partial charge in [-0.25, -0.2) is 0 Å². The number of methoxy groups -OCH3 is 1. The number of nitrogens with one attached hydrogen (secondary N) is 3. The lowest BCUT2D eigenvalue weighted by Crippen LogP contribution is -2.36. The van der Waals surface area contributed by atoms with E-state index in [1.807, 2.05) is 49.5 Å². The molecule has 34 heavy (non-hydrogen) atoms. The minimum atomic E-state index is -0.260. The molecular weight excluding hydrogens is 428 g/mol. The summed E-state index contributed by atoms with van der Waals surface area (Å²) in [5, 5.41) is 7.29. The number of rotatable bonds is 8. The highest BCUT2D eigenvalue weighted by Crippen LogP contribution is 2.19. The zero-order valence-electron chi connectivity index (χ0n) is 19.3. The average Bonchev–Trinajstić information content (AvgIpc) is 3.28. The molecular formula is C27H28N4O3. The van der Waals surface area contributed by atoms with E-state index >= 15 is 0 Å². The Balaban J connectivity index is 1.51. The summed E-state index contributed by atoms with van der Waals surface area (Å²) in [6.45, 7) is 2.99. The molecule has 0 fully saturated rings. The lowest BCUT2D eigenvalue weighted by Gasteiger charge is -2.13. The topological polar surface area (TPSA) is 87.7 Å². The molecule has 7 heteroatoms. The standard InChI is InChI=1S/C27H28N4O3/c1-3-34-22-13-11-19(12-14-22)26(32)31-27(30-21-7-6-8-23(17-21)33-2)28-16-15-20-18-29-25-10-5-4-9-24(20)25/h4-14,17-18,29H,3,15-16H2,1-2H3,(H2,28,30,31,32). The van der Waals surface area contributed by atoms with Crippen molar-refractivity contribution in [2.45, 2.75) is 13.3 Å². The molecule has 0 saturated heterocycles. The van der Waals surface area contributed by atoms with Gasteiger partial charge in [-0.3, -0.25) is 15.1 Å². The maximum absolute atomic E-state index is 12.9. The quantitative estimate of drug-likeness (QED) is 0.257. The molecule has 0 aliphatic carbocycles. The molecule has 0 saturated carbocycles. The highest BCUT2D eigenvalue weighted by atomic mass is 16.5. The molecule has 0 radical (unpaired) electrons. The van der Waals surface area contributed by atoms with Crippen LogP contribution < -0.4 is 20.1 Å². The number of amides is 1. The molecule has 3 N–H and O–H groups in total. The van der Waals surface area contributed by atoms with Gasteiger partial charge in [-0.1, -0.05) is 24.3 Å². The van der Waals surface area contributed by atoms with Crippen molar-refractivity contribution in [2.24, 2.45) is 4.99 Å². The number of hydrogen-bond acceptors (Lipinski definition) is 4. The largest absolute Gasteiger partial charge is 0.497 e. The summed E-state index contributed by atoms with van der Waals surface area (Å²) in [5.41, 5.74) is 3.55. The van der Waals surface area contributed by atoms with Crippen molar-refractivity contribution in [3.8, 4) is 11.5 Å². The first kappa shape index (κ1) is 22.9. The molecule has 1 amide bonds. The molecule has 4 aromatic rings. The fourth-order valence-corrected chi connectivity index (χ4v) is 3.62. The molecule has 0 atom stereocenters. The Morgan fingerprint density at radius 1 is 1.00 bits per heavy atom. The van der Waals surface area contributed by atoms with Gasteiger partial charge in [0.15, 0.2) is 0 Å². The van der Waals surface area contributed by atoms with Gasteiger partial charge in [-0.15, -0.1) is 0 Å².